The third kappa shape index (κ3) is 6.56. The number of para-hydroxylation sites is 2. The minimum Gasteiger partial charge on any atom is -0.383 e. The summed E-state index contributed by atoms with van der Waals surface area (Å²) in [6.45, 7) is 2.79. The van der Waals surface area contributed by atoms with Crippen LogP contribution >= 0.6 is 31.9 Å². The van der Waals surface area contributed by atoms with Crippen LogP contribution in [0.15, 0.2) is 94.4 Å². The number of aromatic nitrogens is 8. The van der Waals surface area contributed by atoms with Crippen molar-refractivity contribution in [2.45, 2.75) is 24.7 Å². The second-order valence-corrected chi connectivity index (χ2v) is 17.7. The minimum absolute atomic E-state index is 0.0427. The van der Waals surface area contributed by atoms with Crippen LogP contribution in [0.4, 0.5) is 11.6 Å². The van der Waals surface area contributed by atoms with Crippen LogP contribution in [0, 0.1) is 0 Å². The van der Waals surface area contributed by atoms with Crippen LogP contribution in [-0.4, -0.2) is 84.3 Å². The number of halogens is 2. The normalized spacial score (nSPS) is 17.6. The van der Waals surface area contributed by atoms with Gasteiger partial charge in [0.15, 0.2) is 11.3 Å². The molecule has 10 rings (SSSR count). The summed E-state index contributed by atoms with van der Waals surface area (Å²) >= 11 is 7.17. The van der Waals surface area contributed by atoms with Gasteiger partial charge in [-0.05, 0) is 75.5 Å². The second-order valence-electron chi connectivity index (χ2n) is 14.1. The summed E-state index contributed by atoms with van der Waals surface area (Å²) in [6, 6.07) is 20.2. The summed E-state index contributed by atoms with van der Waals surface area (Å²) in [5.74, 6) is 1.33. The lowest BCUT2D eigenvalue weighted by molar-refractivity contribution is 0.477. The Balaban J connectivity index is 0.000000148. The maximum Gasteiger partial charge on any atom is 0.211 e. The van der Waals surface area contributed by atoms with Gasteiger partial charge in [0.2, 0.25) is 10.0 Å². The van der Waals surface area contributed by atoms with Crippen molar-refractivity contribution in [1.29, 1.82) is 0 Å². The van der Waals surface area contributed by atoms with E-state index in [1.807, 2.05) is 54.9 Å². The fourth-order valence-corrected chi connectivity index (χ4v) is 9.60. The monoisotopic (exact) mass is 894 g/mol. The zero-order chi connectivity index (χ0) is 38.7. The molecule has 0 radical (unpaired) electrons. The molecule has 2 fully saturated rings. The first kappa shape index (κ1) is 36.6. The van der Waals surface area contributed by atoms with Gasteiger partial charge in [0.05, 0.1) is 50.0 Å². The quantitative estimate of drug-likeness (QED) is 0.173. The number of nitrogens with zero attached hydrogens (tertiary/aromatic N) is 9. The molecule has 5 N–H and O–H groups in total. The van der Waals surface area contributed by atoms with Crippen molar-refractivity contribution >= 4 is 86.6 Å². The van der Waals surface area contributed by atoms with Gasteiger partial charge in [-0.15, -0.1) is 0 Å². The zero-order valence-electron chi connectivity index (χ0n) is 30.1. The molecule has 0 saturated carbocycles. The number of nitrogens with two attached hydrogens (primary N) is 2. The number of benzene rings is 2. The van der Waals surface area contributed by atoms with E-state index < -0.39 is 10.0 Å². The number of nitrogen functional groups attached to an aromatic ring is 2. The standard InChI is InChI=1S/C20H19BrN6O2S.C19H17BrN6/c1-30(28,29)26-7-6-13(11-26)18-17(21)19(22)27-20(25-18)15(10-24-27)14-8-12-4-2-3-5-16(12)23-9-14;20-16-17(12-5-6-22-8-12)25-19-14(10-24-26(19)18(16)21)13-7-11-3-1-2-4-15(11)23-9-13/h2-5,8-10,13H,6-7,11,22H2,1H3;1-4,7,9-10,12,22H,5-6,8,21H2. The molecule has 2 aromatic carbocycles. The Morgan fingerprint density at radius 2 is 1.25 bits per heavy atom. The molecule has 56 heavy (non-hydrogen) atoms. The number of sulfonamides is 1. The predicted molar refractivity (Wildman–Crippen MR) is 226 cm³/mol. The Kier molecular flexibility index (Phi) is 9.44. The number of hydrogen-bond donors (Lipinski definition) is 3. The van der Waals surface area contributed by atoms with E-state index in [0.29, 0.717) is 47.2 Å². The number of fused-ring (bicyclic) bond motifs is 4. The Labute approximate surface area is 338 Å². The number of anilines is 2. The molecule has 2 aliphatic heterocycles. The van der Waals surface area contributed by atoms with Crippen LogP contribution in [0.5, 0.6) is 0 Å². The molecule has 284 valence electrons. The molecular formula is C39H36Br2N12O2S. The highest BCUT2D eigenvalue weighted by atomic mass is 79.9. The summed E-state index contributed by atoms with van der Waals surface area (Å²) in [5, 5.41) is 14.4. The molecule has 2 aliphatic rings. The van der Waals surface area contributed by atoms with E-state index in [1.165, 1.54) is 10.6 Å². The lowest BCUT2D eigenvalue weighted by Gasteiger charge is -2.15. The number of pyridine rings is 2. The smallest absolute Gasteiger partial charge is 0.211 e. The lowest BCUT2D eigenvalue weighted by atomic mass is 10.0. The summed E-state index contributed by atoms with van der Waals surface area (Å²) in [7, 11) is -3.24. The average Bonchev–Trinajstić information content (AvgIpc) is 4.04. The maximum absolute atomic E-state index is 11.9. The lowest BCUT2D eigenvalue weighted by Crippen LogP contribution is -2.27. The van der Waals surface area contributed by atoms with Crippen molar-refractivity contribution in [3.63, 3.8) is 0 Å². The molecule has 2 saturated heterocycles. The molecule has 14 nitrogen and oxygen atoms in total. The fraction of sp³-hybridized carbons (Fsp3) is 0.231. The third-order valence-electron chi connectivity index (χ3n) is 10.6. The Hall–Kier alpha value is -5.07. The van der Waals surface area contributed by atoms with E-state index in [2.05, 4.69) is 75.5 Å². The average molecular weight is 897 g/mol. The van der Waals surface area contributed by atoms with E-state index in [-0.39, 0.29) is 5.92 Å². The highest BCUT2D eigenvalue weighted by Crippen LogP contribution is 2.38. The van der Waals surface area contributed by atoms with Gasteiger partial charge in [-0.25, -0.2) is 22.7 Å². The van der Waals surface area contributed by atoms with Crippen LogP contribution in [0.1, 0.15) is 36.1 Å². The van der Waals surface area contributed by atoms with Crippen molar-refractivity contribution < 1.29 is 8.42 Å². The van der Waals surface area contributed by atoms with Gasteiger partial charge in [-0.3, -0.25) is 9.97 Å². The van der Waals surface area contributed by atoms with Gasteiger partial charge in [-0.2, -0.15) is 19.2 Å². The van der Waals surface area contributed by atoms with Crippen LogP contribution in [-0.2, 0) is 10.0 Å². The summed E-state index contributed by atoms with van der Waals surface area (Å²) < 4.78 is 30.1. The third-order valence-corrected chi connectivity index (χ3v) is 13.4. The van der Waals surface area contributed by atoms with Crippen LogP contribution in [0.25, 0.3) is 55.4 Å². The van der Waals surface area contributed by atoms with Crippen LogP contribution in [0.3, 0.4) is 0 Å². The molecule has 0 amide bonds. The van der Waals surface area contributed by atoms with Gasteiger partial charge in [0.25, 0.3) is 0 Å². The molecule has 17 heteroatoms. The van der Waals surface area contributed by atoms with E-state index in [0.717, 1.165) is 85.1 Å². The van der Waals surface area contributed by atoms with E-state index in [1.54, 1.807) is 21.4 Å². The molecular weight excluding hydrogens is 860 g/mol. The second kappa shape index (κ2) is 14.5. The van der Waals surface area contributed by atoms with Crippen LogP contribution < -0.4 is 16.8 Å². The van der Waals surface area contributed by atoms with Crippen molar-refractivity contribution in [2.75, 3.05) is 43.9 Å². The van der Waals surface area contributed by atoms with Gasteiger partial charge < -0.3 is 16.8 Å². The zero-order valence-corrected chi connectivity index (χ0v) is 34.1. The van der Waals surface area contributed by atoms with Gasteiger partial charge in [-0.1, -0.05) is 36.4 Å². The molecule has 0 aliphatic carbocycles. The van der Waals surface area contributed by atoms with Crippen molar-refractivity contribution in [2.24, 2.45) is 0 Å². The summed E-state index contributed by atoms with van der Waals surface area (Å²) in [4.78, 5) is 18.9. The molecule has 0 spiro atoms. The van der Waals surface area contributed by atoms with E-state index in [4.69, 9.17) is 21.4 Å². The van der Waals surface area contributed by atoms with Crippen molar-refractivity contribution in [3.8, 4) is 22.3 Å². The van der Waals surface area contributed by atoms with E-state index in [9.17, 15) is 8.42 Å². The molecule has 8 heterocycles. The summed E-state index contributed by atoms with van der Waals surface area (Å²) in [5.41, 5.74) is 21.4. The predicted octanol–water partition coefficient (Wildman–Crippen LogP) is 6.40. The molecule has 2 unspecified atom stereocenters. The van der Waals surface area contributed by atoms with Gasteiger partial charge >= 0.3 is 0 Å². The Morgan fingerprint density at radius 1 is 0.732 bits per heavy atom. The van der Waals surface area contributed by atoms with E-state index >= 15 is 0 Å². The van der Waals surface area contributed by atoms with Gasteiger partial charge in [0.1, 0.15) is 11.6 Å². The number of nitrogens with one attached hydrogen (secondary N) is 1. The molecule has 6 aromatic heterocycles. The number of hydrogen-bond acceptors (Lipinski definition) is 11. The molecule has 8 aromatic rings. The first-order chi connectivity index (χ1) is 27.0. The summed E-state index contributed by atoms with van der Waals surface area (Å²) in [6.07, 6.45) is 10.2. The maximum atomic E-state index is 11.9. The minimum atomic E-state index is -3.24. The first-order valence-corrected chi connectivity index (χ1v) is 21.5. The van der Waals surface area contributed by atoms with Crippen LogP contribution in [0.2, 0.25) is 0 Å². The molecule has 0 bridgehead atoms. The topological polar surface area (TPSA) is 188 Å². The Morgan fingerprint density at radius 3 is 1.73 bits per heavy atom. The highest BCUT2D eigenvalue weighted by molar-refractivity contribution is 9.11. The fourth-order valence-electron chi connectivity index (χ4n) is 7.55. The first-order valence-electron chi connectivity index (χ1n) is 18.1. The SMILES string of the molecule is CS(=O)(=O)N1CCC(c2nc3c(-c4cnc5ccccc5c4)cnn3c(N)c2Br)C1.Nc1c(Br)c(C2CCNC2)nc2c(-c3cnc4ccccc4c3)cnn12. The van der Waals surface area contributed by atoms with Crippen molar-refractivity contribution in [3.05, 3.63) is 106 Å². The highest BCUT2D eigenvalue weighted by Gasteiger charge is 2.33. The van der Waals surface area contributed by atoms with Crippen molar-refractivity contribution in [1.82, 2.24) is 48.8 Å². The largest absolute Gasteiger partial charge is 0.383 e. The van der Waals surface area contributed by atoms with Gasteiger partial charge in [0, 0.05) is 76.9 Å². The molecule has 2 atom stereocenters. The Bertz CT molecular complexity index is 2930. The number of rotatable bonds is 5.